The average molecular weight is 587 g/mol. The van der Waals surface area contributed by atoms with E-state index in [1.807, 2.05) is 0 Å². The summed E-state index contributed by atoms with van der Waals surface area (Å²) in [4.78, 5) is 23.8. The fourth-order valence-corrected chi connectivity index (χ4v) is 4.86. The van der Waals surface area contributed by atoms with Gasteiger partial charge >= 0.3 is 0 Å². The summed E-state index contributed by atoms with van der Waals surface area (Å²) < 4.78 is 28.1. The molecule has 3 saturated heterocycles. The highest BCUT2D eigenvalue weighted by Crippen LogP contribution is 2.33. The molecule has 40 heavy (non-hydrogen) atoms. The number of carbonyl (C=O) groups excluding carboxylic acids is 2. The fraction of sp³-hybridized carbons (Fsp3) is 0.909. The monoisotopic (exact) mass is 586 g/mol. The third-order valence-electron chi connectivity index (χ3n) is 6.90. The number of aliphatic hydroxyl groups excluding tert-OH is 9. The van der Waals surface area contributed by atoms with E-state index in [4.69, 9.17) is 23.7 Å². The number of aliphatic hydroxyl groups is 9. The zero-order valence-corrected chi connectivity index (χ0v) is 21.7. The molecule has 232 valence electrons. The number of nitrogens with one attached hydrogen (secondary N) is 2. The topological polar surface area (TPSA) is 286 Å². The summed E-state index contributed by atoms with van der Waals surface area (Å²) in [6.45, 7) is -0.166. The number of ether oxygens (including phenoxy) is 5. The molecule has 0 aromatic rings. The van der Waals surface area contributed by atoms with Crippen LogP contribution in [0.2, 0.25) is 0 Å². The van der Waals surface area contributed by atoms with Crippen LogP contribution in [0.4, 0.5) is 0 Å². The second-order valence-corrected chi connectivity index (χ2v) is 9.81. The van der Waals surface area contributed by atoms with Gasteiger partial charge in [-0.2, -0.15) is 0 Å². The van der Waals surface area contributed by atoms with Crippen molar-refractivity contribution in [1.82, 2.24) is 10.6 Å². The Morgan fingerprint density at radius 3 is 1.60 bits per heavy atom. The Kier molecular flexibility index (Phi) is 11.5. The molecule has 3 rings (SSSR count). The normalized spacial score (nSPS) is 46.0. The first-order valence-corrected chi connectivity index (χ1v) is 12.6. The number of amides is 2. The van der Waals surface area contributed by atoms with E-state index < -0.39 is 124 Å². The second-order valence-electron chi connectivity index (χ2n) is 9.81. The van der Waals surface area contributed by atoms with Gasteiger partial charge in [0.05, 0.1) is 19.8 Å². The van der Waals surface area contributed by atoms with Crippen molar-refractivity contribution in [2.24, 2.45) is 0 Å². The predicted octanol–water partition coefficient (Wildman–Crippen LogP) is -7.29. The molecule has 3 fully saturated rings. The summed E-state index contributed by atoms with van der Waals surface area (Å²) in [7, 11) is 0. The van der Waals surface area contributed by atoms with E-state index in [2.05, 4.69) is 10.6 Å². The van der Waals surface area contributed by atoms with Crippen molar-refractivity contribution < 1.29 is 79.2 Å². The summed E-state index contributed by atoms with van der Waals surface area (Å²) in [5, 5.41) is 96.2. The van der Waals surface area contributed by atoms with Gasteiger partial charge < -0.3 is 80.3 Å². The van der Waals surface area contributed by atoms with Crippen LogP contribution in [0.25, 0.3) is 0 Å². The van der Waals surface area contributed by atoms with Crippen molar-refractivity contribution in [3.63, 3.8) is 0 Å². The highest BCUT2D eigenvalue weighted by molar-refractivity contribution is 5.73. The lowest BCUT2D eigenvalue weighted by atomic mass is 9.94. The first kappa shape index (κ1) is 32.9. The first-order chi connectivity index (χ1) is 18.8. The molecule has 18 heteroatoms. The standard InChI is InChI=1S/C22H38N2O16/c1-6(28)23-11-15(32)13(30)8(3-25)37-21(11)40-19-12(24-7(2)29)20(35)36-10(5-27)18(19)39-22-17(34)16(33)14(31)9(4-26)38-22/h8-22,25-27,30-35H,3-5H2,1-2H3,(H,23,28)(H,24,29). The van der Waals surface area contributed by atoms with E-state index in [9.17, 15) is 55.5 Å². The fourth-order valence-electron chi connectivity index (χ4n) is 4.86. The zero-order valence-electron chi connectivity index (χ0n) is 21.7. The van der Waals surface area contributed by atoms with E-state index in [0.717, 1.165) is 13.8 Å². The summed E-state index contributed by atoms with van der Waals surface area (Å²) in [6.07, 6.45) is -21.4. The quantitative estimate of drug-likeness (QED) is 0.120. The lowest BCUT2D eigenvalue weighted by molar-refractivity contribution is -0.365. The van der Waals surface area contributed by atoms with Gasteiger partial charge in [-0.25, -0.2) is 0 Å². The molecule has 2 amide bonds. The van der Waals surface area contributed by atoms with E-state index in [1.54, 1.807) is 0 Å². The van der Waals surface area contributed by atoms with Gasteiger partial charge in [-0.05, 0) is 0 Å². The Morgan fingerprint density at radius 1 is 0.600 bits per heavy atom. The summed E-state index contributed by atoms with van der Waals surface area (Å²) in [5.74, 6) is -1.34. The molecule has 0 aromatic carbocycles. The molecule has 0 spiro atoms. The lowest BCUT2D eigenvalue weighted by Crippen LogP contribution is -2.70. The average Bonchev–Trinajstić information content (AvgIpc) is 2.90. The number of hydrogen-bond donors (Lipinski definition) is 11. The van der Waals surface area contributed by atoms with Crippen LogP contribution in [0.15, 0.2) is 0 Å². The van der Waals surface area contributed by atoms with Crippen LogP contribution in [0, 0.1) is 0 Å². The summed E-state index contributed by atoms with van der Waals surface area (Å²) >= 11 is 0. The molecule has 0 radical (unpaired) electrons. The first-order valence-electron chi connectivity index (χ1n) is 12.6. The third-order valence-corrected chi connectivity index (χ3v) is 6.90. The van der Waals surface area contributed by atoms with Gasteiger partial charge in [0.2, 0.25) is 11.8 Å². The van der Waals surface area contributed by atoms with Crippen molar-refractivity contribution in [1.29, 1.82) is 0 Å². The Labute approximate surface area is 228 Å². The van der Waals surface area contributed by atoms with Crippen LogP contribution < -0.4 is 10.6 Å². The Bertz CT molecular complexity index is 852. The van der Waals surface area contributed by atoms with Crippen molar-refractivity contribution in [2.75, 3.05) is 19.8 Å². The van der Waals surface area contributed by atoms with E-state index in [1.165, 1.54) is 0 Å². The molecule has 0 aromatic heterocycles. The Morgan fingerprint density at radius 2 is 1.07 bits per heavy atom. The molecule has 0 aliphatic carbocycles. The molecule has 11 N–H and O–H groups in total. The Balaban J connectivity index is 1.99. The minimum atomic E-state index is -1.89. The molecule has 15 unspecified atom stereocenters. The summed E-state index contributed by atoms with van der Waals surface area (Å²) in [6, 6.07) is -2.93. The van der Waals surface area contributed by atoms with Crippen LogP contribution in [0.1, 0.15) is 13.8 Å². The van der Waals surface area contributed by atoms with Crippen molar-refractivity contribution in [3.8, 4) is 0 Å². The molecule has 0 bridgehead atoms. The van der Waals surface area contributed by atoms with Gasteiger partial charge in [-0.15, -0.1) is 0 Å². The highest BCUT2D eigenvalue weighted by atomic mass is 16.7. The van der Waals surface area contributed by atoms with E-state index in [-0.39, 0.29) is 0 Å². The largest absolute Gasteiger partial charge is 0.394 e. The minimum absolute atomic E-state index is 0.663. The van der Waals surface area contributed by atoms with E-state index >= 15 is 0 Å². The third kappa shape index (κ3) is 7.05. The number of carbonyl (C=O) groups is 2. The van der Waals surface area contributed by atoms with Gasteiger partial charge in [0.1, 0.15) is 73.1 Å². The molecule has 15 atom stereocenters. The second kappa shape index (κ2) is 14.0. The maximum atomic E-state index is 12.0. The molecular formula is C22H38N2O16. The number of hydrogen-bond acceptors (Lipinski definition) is 16. The molecular weight excluding hydrogens is 548 g/mol. The van der Waals surface area contributed by atoms with Gasteiger partial charge in [-0.1, -0.05) is 0 Å². The van der Waals surface area contributed by atoms with Crippen LogP contribution in [-0.2, 0) is 33.3 Å². The molecule has 3 heterocycles. The van der Waals surface area contributed by atoms with Crippen LogP contribution >= 0.6 is 0 Å². The summed E-state index contributed by atoms with van der Waals surface area (Å²) in [5.41, 5.74) is 0. The van der Waals surface area contributed by atoms with E-state index in [0.29, 0.717) is 0 Å². The van der Waals surface area contributed by atoms with Gasteiger partial charge in [0.15, 0.2) is 18.9 Å². The maximum Gasteiger partial charge on any atom is 0.217 e. The molecule has 3 aliphatic rings. The van der Waals surface area contributed by atoms with Crippen molar-refractivity contribution >= 4 is 11.8 Å². The van der Waals surface area contributed by atoms with Gasteiger partial charge in [0, 0.05) is 13.8 Å². The van der Waals surface area contributed by atoms with Crippen molar-refractivity contribution in [2.45, 2.75) is 106 Å². The molecule has 0 saturated carbocycles. The highest BCUT2D eigenvalue weighted by Gasteiger charge is 2.54. The predicted molar refractivity (Wildman–Crippen MR) is 124 cm³/mol. The van der Waals surface area contributed by atoms with Gasteiger partial charge in [-0.3, -0.25) is 9.59 Å². The number of rotatable bonds is 9. The van der Waals surface area contributed by atoms with Crippen LogP contribution in [-0.4, -0.2) is 170 Å². The van der Waals surface area contributed by atoms with Crippen LogP contribution in [0.3, 0.4) is 0 Å². The Hall–Kier alpha value is -1.62. The molecule has 18 nitrogen and oxygen atoms in total. The SMILES string of the molecule is CC(=O)NC1C(OC2C(NC(C)=O)C(O)OC(CO)C2OC2OC(CO)C(O)C(O)C2O)OC(CO)C(O)C1O. The minimum Gasteiger partial charge on any atom is -0.394 e. The smallest absolute Gasteiger partial charge is 0.217 e. The molecule has 3 aliphatic heterocycles. The zero-order chi connectivity index (χ0) is 29.9. The van der Waals surface area contributed by atoms with Crippen molar-refractivity contribution in [3.05, 3.63) is 0 Å². The van der Waals surface area contributed by atoms with Crippen LogP contribution in [0.5, 0.6) is 0 Å². The van der Waals surface area contributed by atoms with Gasteiger partial charge in [0.25, 0.3) is 0 Å². The maximum absolute atomic E-state index is 12.0. The lowest BCUT2D eigenvalue weighted by Gasteiger charge is -2.50.